The predicted octanol–water partition coefficient (Wildman–Crippen LogP) is 5.99. The minimum absolute atomic E-state index is 0.0456. The van der Waals surface area contributed by atoms with Gasteiger partial charge in [-0.3, -0.25) is 4.79 Å². The van der Waals surface area contributed by atoms with E-state index in [-0.39, 0.29) is 11.3 Å². The molecule has 1 fully saturated rings. The molecule has 182 valence electrons. The molecule has 0 bridgehead atoms. The molecule has 0 radical (unpaired) electrons. The zero-order valence-electron chi connectivity index (χ0n) is 21.2. The van der Waals surface area contributed by atoms with Crippen LogP contribution in [0.2, 0.25) is 0 Å². The van der Waals surface area contributed by atoms with Crippen molar-refractivity contribution in [3.05, 3.63) is 59.2 Å². The molecule has 5 nitrogen and oxygen atoms in total. The van der Waals surface area contributed by atoms with E-state index in [1.165, 1.54) is 36.8 Å². The van der Waals surface area contributed by atoms with Crippen molar-refractivity contribution in [2.75, 3.05) is 25.2 Å². The topological polar surface area (TPSA) is 50.8 Å². The average molecular weight is 463 g/mol. The highest BCUT2D eigenvalue weighted by Crippen LogP contribution is 2.53. The number of anilines is 1. The molecule has 1 saturated heterocycles. The molecular formula is C29H38N2O3. The highest BCUT2D eigenvalue weighted by molar-refractivity contribution is 5.91. The minimum Gasteiger partial charge on any atom is -0.493 e. The summed E-state index contributed by atoms with van der Waals surface area (Å²) in [7, 11) is 1.67. The van der Waals surface area contributed by atoms with Crippen molar-refractivity contribution in [1.29, 1.82) is 0 Å². The van der Waals surface area contributed by atoms with Crippen LogP contribution < -0.4 is 19.7 Å². The molecule has 2 aliphatic rings. The number of aryl methyl sites for hydroxylation is 1. The van der Waals surface area contributed by atoms with Gasteiger partial charge < -0.3 is 19.7 Å². The number of fused-ring (bicyclic) bond motifs is 3. The first-order valence-corrected chi connectivity index (χ1v) is 12.5. The van der Waals surface area contributed by atoms with Crippen LogP contribution in [0.3, 0.4) is 0 Å². The number of nitrogens with zero attached hydrogens (tertiary/aromatic N) is 1. The summed E-state index contributed by atoms with van der Waals surface area (Å²) in [5.74, 6) is 1.54. The molecule has 4 rings (SSSR count). The number of amides is 1. The minimum atomic E-state index is -0.610. The molecule has 2 heterocycles. The van der Waals surface area contributed by atoms with Gasteiger partial charge in [-0.1, -0.05) is 76.3 Å². The molecular weight excluding hydrogens is 424 g/mol. The maximum Gasteiger partial charge on any atom is 0.241 e. The summed E-state index contributed by atoms with van der Waals surface area (Å²) in [6.07, 6.45) is 10.2. The number of hydrogen-bond acceptors (Lipinski definition) is 4. The van der Waals surface area contributed by atoms with Crippen LogP contribution in [0.5, 0.6) is 11.5 Å². The molecule has 5 heteroatoms. The van der Waals surface area contributed by atoms with Crippen LogP contribution in [0.25, 0.3) is 6.08 Å². The largest absolute Gasteiger partial charge is 0.493 e. The standard InChI is InChI=1S/C29H38N2O3/c1-6-7-8-9-10-17-34-25-14-12-22(19-26(25)33-5)15-16-29-28(3,4)23-18-21(2)11-13-24(23)31(29)20-27(32)30-29/h11-16,18-19H,6-10,17,20H2,1-5H3,(H,30,32)/t29-/m0/s1. The van der Waals surface area contributed by atoms with Crippen molar-refractivity contribution in [2.24, 2.45) is 0 Å². The lowest BCUT2D eigenvalue weighted by atomic mass is 9.75. The smallest absolute Gasteiger partial charge is 0.241 e. The second kappa shape index (κ2) is 9.73. The summed E-state index contributed by atoms with van der Waals surface area (Å²) in [6, 6.07) is 12.5. The molecule has 0 aliphatic carbocycles. The van der Waals surface area contributed by atoms with E-state index in [4.69, 9.17) is 9.47 Å². The Bertz CT molecular complexity index is 1080. The SMILES string of the molecule is CCCCCCCOc1ccc(C=C[C@]23NC(=O)CN2c2ccc(C)cc2C3(C)C)cc1OC. The lowest BCUT2D eigenvalue weighted by Crippen LogP contribution is -2.58. The first kappa shape index (κ1) is 24.2. The highest BCUT2D eigenvalue weighted by Gasteiger charge is 2.59. The third kappa shape index (κ3) is 4.28. The molecule has 34 heavy (non-hydrogen) atoms. The Hall–Kier alpha value is -2.95. The van der Waals surface area contributed by atoms with Gasteiger partial charge in [-0.2, -0.15) is 0 Å². The van der Waals surface area contributed by atoms with E-state index < -0.39 is 5.66 Å². The number of carbonyl (C=O) groups excluding carboxylic acids is 1. The molecule has 0 spiro atoms. The molecule has 2 aromatic carbocycles. The Balaban J connectivity index is 1.55. The van der Waals surface area contributed by atoms with Gasteiger partial charge in [-0.25, -0.2) is 0 Å². The number of methoxy groups -OCH3 is 1. The van der Waals surface area contributed by atoms with E-state index in [0.717, 1.165) is 29.2 Å². The lowest BCUT2D eigenvalue weighted by Gasteiger charge is -2.40. The molecule has 1 atom stereocenters. The molecule has 0 aromatic heterocycles. The second-order valence-electron chi connectivity index (χ2n) is 10.1. The van der Waals surface area contributed by atoms with Crippen LogP contribution >= 0.6 is 0 Å². The monoisotopic (exact) mass is 462 g/mol. The summed E-state index contributed by atoms with van der Waals surface area (Å²) < 4.78 is 11.6. The quantitative estimate of drug-likeness (QED) is 0.441. The number of nitrogens with one attached hydrogen (secondary N) is 1. The number of hydrogen-bond donors (Lipinski definition) is 1. The molecule has 2 aromatic rings. The number of ether oxygens (including phenoxy) is 2. The fraction of sp³-hybridized carbons (Fsp3) is 0.483. The summed E-state index contributed by atoms with van der Waals surface area (Å²) in [5.41, 5.74) is 3.72. The second-order valence-corrected chi connectivity index (χ2v) is 10.1. The number of benzene rings is 2. The normalized spacial score (nSPS) is 20.4. The van der Waals surface area contributed by atoms with Gasteiger partial charge in [0.2, 0.25) is 5.91 Å². The summed E-state index contributed by atoms with van der Waals surface area (Å²) >= 11 is 0. The Kier molecular flexibility index (Phi) is 6.92. The van der Waals surface area contributed by atoms with Crippen LogP contribution in [-0.4, -0.2) is 31.8 Å². The third-order valence-corrected chi connectivity index (χ3v) is 7.34. The maximum absolute atomic E-state index is 12.5. The Morgan fingerprint density at radius 2 is 1.85 bits per heavy atom. The van der Waals surface area contributed by atoms with Crippen molar-refractivity contribution in [2.45, 2.75) is 70.9 Å². The van der Waals surface area contributed by atoms with E-state index >= 15 is 0 Å². The molecule has 2 aliphatic heterocycles. The number of carbonyl (C=O) groups is 1. The van der Waals surface area contributed by atoms with Gasteiger partial charge in [-0.05, 0) is 48.7 Å². The van der Waals surface area contributed by atoms with E-state index in [1.54, 1.807) is 7.11 Å². The van der Waals surface area contributed by atoms with Gasteiger partial charge >= 0.3 is 0 Å². The van der Waals surface area contributed by atoms with Gasteiger partial charge in [0.15, 0.2) is 11.5 Å². The zero-order chi connectivity index (χ0) is 24.3. The first-order chi connectivity index (χ1) is 16.3. The average Bonchev–Trinajstić information content (AvgIpc) is 3.24. The van der Waals surface area contributed by atoms with Crippen molar-refractivity contribution in [1.82, 2.24) is 5.32 Å². The van der Waals surface area contributed by atoms with Gasteiger partial charge in [0.05, 0.1) is 20.3 Å². The van der Waals surface area contributed by atoms with Crippen LogP contribution in [0.15, 0.2) is 42.5 Å². The third-order valence-electron chi connectivity index (χ3n) is 7.34. The van der Waals surface area contributed by atoms with E-state index in [2.05, 4.69) is 68.3 Å². The van der Waals surface area contributed by atoms with E-state index in [1.807, 2.05) is 18.2 Å². The number of rotatable bonds is 10. The fourth-order valence-electron chi connectivity index (χ4n) is 5.30. The Morgan fingerprint density at radius 3 is 2.62 bits per heavy atom. The summed E-state index contributed by atoms with van der Waals surface area (Å²) in [6.45, 7) is 9.81. The summed E-state index contributed by atoms with van der Waals surface area (Å²) in [4.78, 5) is 14.7. The highest BCUT2D eigenvalue weighted by atomic mass is 16.5. The number of unbranched alkanes of at least 4 members (excludes halogenated alkanes) is 4. The van der Waals surface area contributed by atoms with E-state index in [9.17, 15) is 4.79 Å². The van der Waals surface area contributed by atoms with Gasteiger partial charge in [0.1, 0.15) is 5.66 Å². The van der Waals surface area contributed by atoms with Crippen LogP contribution in [0, 0.1) is 6.92 Å². The van der Waals surface area contributed by atoms with E-state index in [0.29, 0.717) is 13.2 Å². The lowest BCUT2D eigenvalue weighted by molar-refractivity contribution is -0.118. The maximum atomic E-state index is 12.5. The molecule has 0 unspecified atom stereocenters. The van der Waals surface area contributed by atoms with Gasteiger partial charge in [-0.15, -0.1) is 0 Å². The van der Waals surface area contributed by atoms with Crippen molar-refractivity contribution in [3.63, 3.8) is 0 Å². The van der Waals surface area contributed by atoms with Crippen molar-refractivity contribution < 1.29 is 14.3 Å². The van der Waals surface area contributed by atoms with Crippen molar-refractivity contribution >= 4 is 17.7 Å². The Morgan fingerprint density at radius 1 is 1.06 bits per heavy atom. The van der Waals surface area contributed by atoms with Crippen LogP contribution in [0.1, 0.15) is 69.6 Å². The van der Waals surface area contributed by atoms with Gasteiger partial charge in [0, 0.05) is 11.1 Å². The Labute approximate surface area is 204 Å². The molecule has 1 amide bonds. The zero-order valence-corrected chi connectivity index (χ0v) is 21.2. The molecule has 1 N–H and O–H groups in total. The summed E-state index contributed by atoms with van der Waals surface area (Å²) in [5, 5.41) is 3.29. The first-order valence-electron chi connectivity index (χ1n) is 12.5. The van der Waals surface area contributed by atoms with Gasteiger partial charge in [0.25, 0.3) is 0 Å². The van der Waals surface area contributed by atoms with Crippen LogP contribution in [-0.2, 0) is 10.2 Å². The predicted molar refractivity (Wildman–Crippen MR) is 139 cm³/mol. The van der Waals surface area contributed by atoms with Crippen LogP contribution in [0.4, 0.5) is 5.69 Å². The molecule has 0 saturated carbocycles. The van der Waals surface area contributed by atoms with Crippen molar-refractivity contribution in [3.8, 4) is 11.5 Å². The fourth-order valence-corrected chi connectivity index (χ4v) is 5.30.